The molecular formula is C28H51N2O5+. The summed E-state index contributed by atoms with van der Waals surface area (Å²) in [6.45, 7) is 4.27. The summed E-state index contributed by atoms with van der Waals surface area (Å²) in [5.41, 5.74) is 6.32. The van der Waals surface area contributed by atoms with Gasteiger partial charge in [0.25, 0.3) is 0 Å². The lowest BCUT2D eigenvalue weighted by atomic mass is 9.99. The molecule has 0 heterocycles. The number of carbonyl (C=O) groups excluding carboxylic acids is 1. The number of unbranched alkanes of at least 4 members (excludes halogenated alkanes) is 13. The highest BCUT2D eigenvalue weighted by atomic mass is 16.7. The highest BCUT2D eigenvalue weighted by molar-refractivity contribution is 5.93. The van der Waals surface area contributed by atoms with E-state index in [9.17, 15) is 14.7 Å². The minimum atomic E-state index is -0.900. The van der Waals surface area contributed by atoms with E-state index in [0.29, 0.717) is 6.42 Å². The Hall–Kier alpha value is -2.12. The maximum Gasteiger partial charge on any atom is 0.401 e. The summed E-state index contributed by atoms with van der Waals surface area (Å²) in [4.78, 5) is 26.4. The number of phenols is 1. The van der Waals surface area contributed by atoms with Crippen molar-refractivity contribution in [1.82, 2.24) is 0 Å². The van der Waals surface area contributed by atoms with Gasteiger partial charge >= 0.3 is 11.9 Å². The van der Waals surface area contributed by atoms with Gasteiger partial charge in [-0.05, 0) is 30.9 Å². The molecular weight excluding hydrogens is 444 g/mol. The Morgan fingerprint density at radius 1 is 0.857 bits per heavy atom. The number of aryl methyl sites for hydroxylation is 1. The number of carbonyl (C=O) groups is 2. The summed E-state index contributed by atoms with van der Waals surface area (Å²) < 4.78 is 0. The fourth-order valence-corrected chi connectivity index (χ4v) is 3.98. The smallest absolute Gasteiger partial charge is 0.401 e. The van der Waals surface area contributed by atoms with E-state index in [1.54, 1.807) is 6.07 Å². The van der Waals surface area contributed by atoms with Crippen molar-refractivity contribution in [3.63, 3.8) is 0 Å². The molecule has 1 unspecified atom stereocenters. The number of quaternary nitrogens is 1. The molecule has 0 aliphatic rings. The summed E-state index contributed by atoms with van der Waals surface area (Å²) in [6, 6.07) is 4.50. The maximum absolute atomic E-state index is 11.7. The van der Waals surface area contributed by atoms with Crippen molar-refractivity contribution in [1.29, 1.82) is 0 Å². The highest BCUT2D eigenvalue weighted by Crippen LogP contribution is 2.23. The molecule has 1 aromatic carbocycles. The number of phenolic OH excluding ortho intramolecular Hbond substituents is 1. The standard InChI is InChI=1S/C22H37NO3.C6H13NO2/c1-2-3-4-5-6-7-8-9-10-11-12-13-14-16-19-17-15-18-20(24)21(19)22(25)26-23;1-2-3-4-5(7)6(8)9/h15,17-18H,2-14,16H2,1,23H3;5H,2-4,7H2,1H3,(H,8,9)/p+1. The zero-order valence-corrected chi connectivity index (χ0v) is 22.2. The molecule has 1 aromatic rings. The van der Waals surface area contributed by atoms with Crippen LogP contribution < -0.4 is 11.6 Å². The minimum Gasteiger partial charge on any atom is -0.507 e. The maximum atomic E-state index is 11.7. The third-order valence-electron chi connectivity index (χ3n) is 6.20. The van der Waals surface area contributed by atoms with Crippen LogP contribution in [0.25, 0.3) is 0 Å². The van der Waals surface area contributed by atoms with Crippen LogP contribution >= 0.6 is 0 Å². The van der Waals surface area contributed by atoms with Crippen LogP contribution in [0.4, 0.5) is 0 Å². The Labute approximate surface area is 212 Å². The van der Waals surface area contributed by atoms with Gasteiger partial charge in [0.1, 0.15) is 17.4 Å². The van der Waals surface area contributed by atoms with E-state index in [1.165, 1.54) is 76.7 Å². The van der Waals surface area contributed by atoms with E-state index >= 15 is 0 Å². The van der Waals surface area contributed by atoms with Gasteiger partial charge in [0.05, 0.1) is 0 Å². The third kappa shape index (κ3) is 17.0. The minimum absolute atomic E-state index is 0.0224. The van der Waals surface area contributed by atoms with E-state index in [2.05, 4.69) is 17.7 Å². The highest BCUT2D eigenvalue weighted by Gasteiger charge is 2.18. The number of hydrogen-bond acceptors (Lipinski definition) is 5. The van der Waals surface area contributed by atoms with Gasteiger partial charge in [-0.3, -0.25) is 9.63 Å². The number of aliphatic carboxylic acids is 1. The predicted octanol–water partition coefficient (Wildman–Crippen LogP) is 5.93. The molecule has 0 amide bonds. The molecule has 1 atom stereocenters. The first kappa shape index (κ1) is 32.9. The summed E-state index contributed by atoms with van der Waals surface area (Å²) in [7, 11) is 0. The second kappa shape index (κ2) is 22.4. The molecule has 0 bridgehead atoms. The number of nitrogens with two attached hydrogens (primary N) is 1. The summed E-state index contributed by atoms with van der Waals surface area (Å²) in [6.07, 6.45) is 20.4. The van der Waals surface area contributed by atoms with Crippen LogP contribution in [0.5, 0.6) is 5.75 Å². The Balaban J connectivity index is 0.00000109. The first-order valence-corrected chi connectivity index (χ1v) is 13.6. The summed E-state index contributed by atoms with van der Waals surface area (Å²) >= 11 is 0. The van der Waals surface area contributed by atoms with Crippen molar-refractivity contribution in [2.75, 3.05) is 0 Å². The first-order valence-electron chi connectivity index (χ1n) is 13.6. The first-order chi connectivity index (χ1) is 16.9. The number of carboxylic acids is 1. The third-order valence-corrected chi connectivity index (χ3v) is 6.20. The Bertz CT molecular complexity index is 681. The molecule has 0 saturated carbocycles. The van der Waals surface area contributed by atoms with Gasteiger partial charge in [-0.2, -0.15) is 5.90 Å². The van der Waals surface area contributed by atoms with Crippen molar-refractivity contribution in [3.05, 3.63) is 29.3 Å². The van der Waals surface area contributed by atoms with Gasteiger partial charge in [0.15, 0.2) is 0 Å². The molecule has 202 valence electrons. The van der Waals surface area contributed by atoms with E-state index < -0.39 is 18.0 Å². The Morgan fingerprint density at radius 2 is 1.34 bits per heavy atom. The van der Waals surface area contributed by atoms with E-state index in [0.717, 1.165) is 37.7 Å². The lowest BCUT2D eigenvalue weighted by molar-refractivity contribution is -0.653. The van der Waals surface area contributed by atoms with E-state index in [1.807, 2.05) is 13.0 Å². The largest absolute Gasteiger partial charge is 0.507 e. The second-order valence-corrected chi connectivity index (χ2v) is 9.32. The molecule has 0 aromatic heterocycles. The number of benzene rings is 1. The Morgan fingerprint density at radius 3 is 1.80 bits per heavy atom. The molecule has 0 saturated heterocycles. The van der Waals surface area contributed by atoms with E-state index in [4.69, 9.17) is 10.8 Å². The van der Waals surface area contributed by atoms with Gasteiger partial charge in [-0.25, -0.2) is 4.79 Å². The van der Waals surface area contributed by atoms with Crippen molar-refractivity contribution in [2.45, 2.75) is 129 Å². The lowest BCUT2D eigenvalue weighted by Crippen LogP contribution is -2.51. The molecule has 35 heavy (non-hydrogen) atoms. The Kier molecular flexibility index (Phi) is 21.0. The SMILES string of the molecule is CCCCC(N)C(=O)O.CCCCCCCCCCCCCCCc1cccc(O)c1C(=O)O[NH3+]. The number of rotatable bonds is 19. The van der Waals surface area contributed by atoms with Crippen LogP contribution in [-0.2, 0) is 16.1 Å². The zero-order valence-electron chi connectivity index (χ0n) is 22.2. The molecule has 0 aliphatic carbocycles. The van der Waals surface area contributed by atoms with Gasteiger partial charge < -0.3 is 15.9 Å². The molecule has 7 N–H and O–H groups in total. The fourth-order valence-electron chi connectivity index (χ4n) is 3.98. The van der Waals surface area contributed by atoms with Crippen LogP contribution in [-0.4, -0.2) is 28.2 Å². The van der Waals surface area contributed by atoms with E-state index in [-0.39, 0.29) is 11.3 Å². The van der Waals surface area contributed by atoms with Crippen molar-refractivity contribution in [3.8, 4) is 5.75 Å². The molecule has 0 aliphatic heterocycles. The topological polar surface area (TPSA) is 137 Å². The average Bonchev–Trinajstić information content (AvgIpc) is 2.85. The fraction of sp³-hybridized carbons (Fsp3) is 0.714. The van der Waals surface area contributed by atoms with Gasteiger partial charge in [0, 0.05) is 0 Å². The van der Waals surface area contributed by atoms with Crippen molar-refractivity contribution in [2.24, 2.45) is 5.73 Å². The summed E-state index contributed by atoms with van der Waals surface area (Å²) in [5, 5.41) is 18.2. The summed E-state index contributed by atoms with van der Waals surface area (Å²) in [5.74, 6) is 1.67. The molecule has 1 rings (SSSR count). The quantitative estimate of drug-likeness (QED) is 0.139. The molecule has 7 nitrogen and oxygen atoms in total. The van der Waals surface area contributed by atoms with Gasteiger partial charge in [-0.15, -0.1) is 0 Å². The van der Waals surface area contributed by atoms with Crippen LogP contribution in [0.1, 0.15) is 133 Å². The molecule has 0 spiro atoms. The lowest BCUT2D eigenvalue weighted by Gasteiger charge is -2.08. The average molecular weight is 496 g/mol. The predicted molar refractivity (Wildman–Crippen MR) is 141 cm³/mol. The molecule has 7 heteroatoms. The zero-order chi connectivity index (χ0) is 26.3. The molecule has 0 radical (unpaired) electrons. The second-order valence-electron chi connectivity index (χ2n) is 9.32. The van der Waals surface area contributed by atoms with Crippen LogP contribution in [0.2, 0.25) is 0 Å². The monoisotopic (exact) mass is 495 g/mol. The molecule has 0 fully saturated rings. The number of carboxylic acid groups (broad SMARTS) is 1. The van der Waals surface area contributed by atoms with Crippen LogP contribution in [0.15, 0.2) is 18.2 Å². The number of hydrogen-bond donors (Lipinski definition) is 4. The number of aromatic hydroxyl groups is 1. The van der Waals surface area contributed by atoms with Gasteiger partial charge in [0.2, 0.25) is 0 Å². The van der Waals surface area contributed by atoms with Crippen LogP contribution in [0, 0.1) is 0 Å². The van der Waals surface area contributed by atoms with Crippen molar-refractivity contribution < 1.29 is 30.5 Å². The van der Waals surface area contributed by atoms with Crippen LogP contribution in [0.3, 0.4) is 0 Å². The van der Waals surface area contributed by atoms with Gasteiger partial charge in [-0.1, -0.05) is 116 Å². The van der Waals surface area contributed by atoms with Crippen molar-refractivity contribution >= 4 is 11.9 Å². The normalized spacial score (nSPS) is 11.4.